The summed E-state index contributed by atoms with van der Waals surface area (Å²) in [5.41, 5.74) is 2.40. The Balaban J connectivity index is 2.14. The molecule has 1 heterocycles. The molecule has 0 radical (unpaired) electrons. The molecule has 0 unspecified atom stereocenters. The molecule has 1 aliphatic heterocycles. The predicted octanol–water partition coefficient (Wildman–Crippen LogP) is 2.40. The zero-order valence-corrected chi connectivity index (χ0v) is 13.3. The van der Waals surface area contributed by atoms with Gasteiger partial charge in [0.25, 0.3) is 0 Å². The summed E-state index contributed by atoms with van der Waals surface area (Å²) in [5, 5.41) is 2.92. The maximum Gasteiger partial charge on any atom is 0.236 e. The molecular formula is C17H24N2O2. The molecule has 0 fully saturated rings. The van der Waals surface area contributed by atoms with E-state index in [-0.39, 0.29) is 11.8 Å². The van der Waals surface area contributed by atoms with Crippen LogP contribution in [-0.4, -0.2) is 25.4 Å². The van der Waals surface area contributed by atoms with Gasteiger partial charge in [-0.15, -0.1) is 0 Å². The van der Waals surface area contributed by atoms with Crippen LogP contribution in [0.2, 0.25) is 0 Å². The number of carbonyl (C=O) groups excluding carboxylic acids is 2. The Morgan fingerprint density at radius 3 is 2.71 bits per heavy atom. The number of carbonyl (C=O) groups is 2. The SMILES string of the molecule is CCCCNC(=O)Cc1ccc2c(c1)C(C)(C)C(=O)N2C. The van der Waals surface area contributed by atoms with Crippen molar-refractivity contribution < 1.29 is 9.59 Å². The largest absolute Gasteiger partial charge is 0.356 e. The van der Waals surface area contributed by atoms with Crippen LogP contribution in [0.4, 0.5) is 5.69 Å². The third-order valence-electron chi connectivity index (χ3n) is 4.15. The van der Waals surface area contributed by atoms with Crippen LogP contribution >= 0.6 is 0 Å². The van der Waals surface area contributed by atoms with Gasteiger partial charge in [-0.05, 0) is 37.5 Å². The molecule has 0 aromatic heterocycles. The summed E-state index contributed by atoms with van der Waals surface area (Å²) in [7, 11) is 1.80. The third kappa shape index (κ3) is 2.94. The number of anilines is 1. The van der Waals surface area contributed by atoms with Gasteiger partial charge in [-0.3, -0.25) is 9.59 Å². The second kappa shape index (κ2) is 5.88. The van der Waals surface area contributed by atoms with Crippen LogP contribution in [0.25, 0.3) is 0 Å². The van der Waals surface area contributed by atoms with Crippen LogP contribution in [-0.2, 0) is 21.4 Å². The number of unbranched alkanes of at least 4 members (excludes halogenated alkanes) is 1. The Kier molecular flexibility index (Phi) is 4.35. The Bertz CT molecular complexity index is 564. The number of amides is 2. The maximum absolute atomic E-state index is 12.2. The molecule has 2 amide bonds. The van der Waals surface area contributed by atoms with E-state index in [1.807, 2.05) is 32.0 Å². The number of hydrogen-bond donors (Lipinski definition) is 1. The number of nitrogens with zero attached hydrogens (tertiary/aromatic N) is 1. The molecule has 0 aliphatic carbocycles. The maximum atomic E-state index is 12.2. The molecular weight excluding hydrogens is 264 g/mol. The summed E-state index contributed by atoms with van der Waals surface area (Å²) >= 11 is 0. The molecule has 0 atom stereocenters. The molecule has 4 nitrogen and oxygen atoms in total. The van der Waals surface area contributed by atoms with Crippen LogP contribution in [0.3, 0.4) is 0 Å². The predicted molar refractivity (Wildman–Crippen MR) is 84.5 cm³/mol. The minimum Gasteiger partial charge on any atom is -0.356 e. The average Bonchev–Trinajstić information content (AvgIpc) is 2.61. The van der Waals surface area contributed by atoms with Gasteiger partial charge < -0.3 is 10.2 Å². The quantitative estimate of drug-likeness (QED) is 0.846. The third-order valence-corrected chi connectivity index (χ3v) is 4.15. The Hall–Kier alpha value is -1.84. The second-order valence-corrected chi connectivity index (χ2v) is 6.22. The van der Waals surface area contributed by atoms with Gasteiger partial charge in [0.1, 0.15) is 0 Å². The minimum atomic E-state index is -0.515. The molecule has 1 N–H and O–H groups in total. The lowest BCUT2D eigenvalue weighted by Gasteiger charge is -2.16. The smallest absolute Gasteiger partial charge is 0.236 e. The average molecular weight is 288 g/mol. The van der Waals surface area contributed by atoms with Gasteiger partial charge >= 0.3 is 0 Å². The van der Waals surface area contributed by atoms with Crippen molar-refractivity contribution >= 4 is 17.5 Å². The fourth-order valence-electron chi connectivity index (χ4n) is 2.78. The summed E-state index contributed by atoms with van der Waals surface area (Å²) in [6.07, 6.45) is 2.44. The Morgan fingerprint density at radius 2 is 2.05 bits per heavy atom. The highest BCUT2D eigenvalue weighted by Gasteiger charge is 2.42. The molecule has 0 spiro atoms. The highest BCUT2D eigenvalue weighted by molar-refractivity contribution is 6.07. The van der Waals surface area contributed by atoms with Crippen molar-refractivity contribution in [3.63, 3.8) is 0 Å². The highest BCUT2D eigenvalue weighted by Crippen LogP contribution is 2.41. The molecule has 2 rings (SSSR count). The molecule has 0 saturated carbocycles. The lowest BCUT2D eigenvalue weighted by molar-refractivity contribution is -0.122. The minimum absolute atomic E-state index is 0.0406. The van der Waals surface area contributed by atoms with Gasteiger partial charge in [0.05, 0.1) is 11.8 Å². The molecule has 1 aliphatic rings. The van der Waals surface area contributed by atoms with Crippen molar-refractivity contribution in [3.05, 3.63) is 29.3 Å². The summed E-state index contributed by atoms with van der Waals surface area (Å²) < 4.78 is 0. The fourth-order valence-corrected chi connectivity index (χ4v) is 2.78. The first kappa shape index (κ1) is 15.5. The van der Waals surface area contributed by atoms with E-state index >= 15 is 0 Å². The number of likely N-dealkylation sites (N-methyl/N-ethyl adjacent to an activating group) is 1. The van der Waals surface area contributed by atoms with Gasteiger partial charge in [0.15, 0.2) is 0 Å². The van der Waals surface area contributed by atoms with E-state index in [4.69, 9.17) is 0 Å². The van der Waals surface area contributed by atoms with E-state index < -0.39 is 5.41 Å². The van der Waals surface area contributed by atoms with Crippen molar-refractivity contribution in [2.75, 3.05) is 18.5 Å². The zero-order valence-electron chi connectivity index (χ0n) is 13.3. The first-order valence-corrected chi connectivity index (χ1v) is 7.56. The normalized spacial score (nSPS) is 16.0. The van der Waals surface area contributed by atoms with E-state index in [1.165, 1.54) is 0 Å². The fraction of sp³-hybridized carbons (Fsp3) is 0.529. The van der Waals surface area contributed by atoms with E-state index in [1.54, 1.807) is 11.9 Å². The second-order valence-electron chi connectivity index (χ2n) is 6.22. The summed E-state index contributed by atoms with van der Waals surface area (Å²) in [4.78, 5) is 25.8. The summed E-state index contributed by atoms with van der Waals surface area (Å²) in [6, 6.07) is 5.87. The first-order valence-electron chi connectivity index (χ1n) is 7.56. The number of benzene rings is 1. The van der Waals surface area contributed by atoms with Crippen molar-refractivity contribution in [3.8, 4) is 0 Å². The van der Waals surface area contributed by atoms with Crippen molar-refractivity contribution in [1.82, 2.24) is 5.32 Å². The van der Waals surface area contributed by atoms with Crippen molar-refractivity contribution in [1.29, 1.82) is 0 Å². The monoisotopic (exact) mass is 288 g/mol. The lowest BCUT2D eigenvalue weighted by atomic mass is 9.85. The number of hydrogen-bond acceptors (Lipinski definition) is 2. The Morgan fingerprint density at radius 1 is 1.33 bits per heavy atom. The van der Waals surface area contributed by atoms with Gasteiger partial charge in [0.2, 0.25) is 11.8 Å². The Labute approximate surface area is 126 Å². The van der Waals surface area contributed by atoms with Crippen molar-refractivity contribution in [2.24, 2.45) is 0 Å². The number of rotatable bonds is 5. The molecule has 21 heavy (non-hydrogen) atoms. The van der Waals surface area contributed by atoms with Gasteiger partial charge in [-0.25, -0.2) is 0 Å². The standard InChI is InChI=1S/C17H24N2O2/c1-5-6-9-18-15(20)11-12-7-8-14-13(10-12)17(2,3)16(21)19(14)4/h7-8,10H,5-6,9,11H2,1-4H3,(H,18,20). The van der Waals surface area contributed by atoms with E-state index in [2.05, 4.69) is 12.2 Å². The molecule has 1 aromatic rings. The van der Waals surface area contributed by atoms with E-state index in [0.29, 0.717) is 6.42 Å². The summed E-state index contributed by atoms with van der Waals surface area (Å²) in [5.74, 6) is 0.140. The first-order chi connectivity index (χ1) is 9.87. The molecule has 4 heteroatoms. The zero-order chi connectivity index (χ0) is 15.6. The van der Waals surface area contributed by atoms with E-state index in [0.717, 1.165) is 36.2 Å². The molecule has 1 aromatic carbocycles. The number of fused-ring (bicyclic) bond motifs is 1. The van der Waals surface area contributed by atoms with Crippen LogP contribution in [0, 0.1) is 0 Å². The van der Waals surface area contributed by atoms with Crippen LogP contribution in [0.5, 0.6) is 0 Å². The number of nitrogens with one attached hydrogen (secondary N) is 1. The topological polar surface area (TPSA) is 49.4 Å². The lowest BCUT2D eigenvalue weighted by Crippen LogP contribution is -2.33. The van der Waals surface area contributed by atoms with Gasteiger partial charge in [-0.2, -0.15) is 0 Å². The molecule has 0 bridgehead atoms. The van der Waals surface area contributed by atoms with E-state index in [9.17, 15) is 9.59 Å². The highest BCUT2D eigenvalue weighted by atomic mass is 16.2. The van der Waals surface area contributed by atoms with Gasteiger partial charge in [0, 0.05) is 19.3 Å². The summed E-state index contributed by atoms with van der Waals surface area (Å²) in [6.45, 7) is 6.70. The van der Waals surface area contributed by atoms with Gasteiger partial charge in [-0.1, -0.05) is 25.5 Å². The van der Waals surface area contributed by atoms with Crippen LogP contribution in [0.1, 0.15) is 44.7 Å². The van der Waals surface area contributed by atoms with Crippen LogP contribution in [0.15, 0.2) is 18.2 Å². The van der Waals surface area contributed by atoms with Crippen molar-refractivity contribution in [2.45, 2.75) is 45.4 Å². The molecule has 0 saturated heterocycles. The molecule has 114 valence electrons. The van der Waals surface area contributed by atoms with Crippen LogP contribution < -0.4 is 10.2 Å².